The lowest BCUT2D eigenvalue weighted by molar-refractivity contribution is 0.461. The molecular formula is C18H20FNO4S2. The summed E-state index contributed by atoms with van der Waals surface area (Å²) in [5, 5.41) is -1.46. The summed E-state index contributed by atoms with van der Waals surface area (Å²) in [5.41, 5.74) is 1.02. The number of fused-ring (bicyclic) bond motifs is 1. The van der Waals surface area contributed by atoms with Gasteiger partial charge in [-0.05, 0) is 48.6 Å². The normalized spacial score (nSPS) is 18.9. The molecule has 26 heavy (non-hydrogen) atoms. The molecule has 2 aromatic rings. The van der Waals surface area contributed by atoms with E-state index < -0.39 is 37.0 Å². The van der Waals surface area contributed by atoms with Crippen LogP contribution in [-0.2, 0) is 26.3 Å². The first-order valence-electron chi connectivity index (χ1n) is 8.24. The fraction of sp³-hybridized carbons (Fsp3) is 0.333. The average Bonchev–Trinajstić information content (AvgIpc) is 2.59. The van der Waals surface area contributed by atoms with E-state index in [0.29, 0.717) is 24.8 Å². The van der Waals surface area contributed by atoms with Crippen LogP contribution in [0.15, 0.2) is 53.4 Å². The van der Waals surface area contributed by atoms with Gasteiger partial charge in [0.05, 0.1) is 11.2 Å². The van der Waals surface area contributed by atoms with Crippen molar-refractivity contribution < 1.29 is 21.2 Å². The van der Waals surface area contributed by atoms with Gasteiger partial charge in [0.2, 0.25) is 10.0 Å². The van der Waals surface area contributed by atoms with E-state index in [2.05, 4.69) is 4.72 Å². The average molecular weight is 397 g/mol. The van der Waals surface area contributed by atoms with E-state index in [1.807, 2.05) is 0 Å². The zero-order valence-corrected chi connectivity index (χ0v) is 15.9. The van der Waals surface area contributed by atoms with Gasteiger partial charge in [-0.1, -0.05) is 30.3 Å². The van der Waals surface area contributed by atoms with E-state index >= 15 is 0 Å². The third-order valence-electron chi connectivity index (χ3n) is 4.58. The predicted molar refractivity (Wildman–Crippen MR) is 97.5 cm³/mol. The smallest absolute Gasteiger partial charge is 0.209 e. The lowest BCUT2D eigenvalue weighted by Gasteiger charge is -2.32. The molecular weight excluding hydrogens is 377 g/mol. The molecule has 0 spiro atoms. The predicted octanol–water partition coefficient (Wildman–Crippen LogP) is 2.59. The minimum atomic E-state index is -4.05. The molecule has 2 aromatic carbocycles. The van der Waals surface area contributed by atoms with Crippen molar-refractivity contribution in [3.63, 3.8) is 0 Å². The number of benzene rings is 2. The summed E-state index contributed by atoms with van der Waals surface area (Å²) < 4.78 is 66.9. The van der Waals surface area contributed by atoms with Gasteiger partial charge in [0.15, 0.2) is 9.84 Å². The molecule has 0 heterocycles. The molecule has 2 atom stereocenters. The molecule has 0 aromatic heterocycles. The number of sulfonamides is 1. The van der Waals surface area contributed by atoms with Gasteiger partial charge in [-0.25, -0.2) is 21.2 Å². The fourth-order valence-electron chi connectivity index (χ4n) is 3.50. The number of rotatable bonds is 5. The van der Waals surface area contributed by atoms with Gasteiger partial charge in [-0.2, -0.15) is 4.72 Å². The molecule has 0 saturated heterocycles. The summed E-state index contributed by atoms with van der Waals surface area (Å²) >= 11 is 0. The lowest BCUT2D eigenvalue weighted by atomic mass is 9.82. The van der Waals surface area contributed by atoms with E-state index in [9.17, 15) is 21.2 Å². The molecule has 8 heteroatoms. The highest BCUT2D eigenvalue weighted by atomic mass is 32.2. The SMILES string of the molecule is CS(=O)(=O)NC(C1CCCc2cccc(F)c21)S(=O)(=O)c1ccccc1. The minimum absolute atomic E-state index is 0.00427. The van der Waals surface area contributed by atoms with Crippen molar-refractivity contribution in [3.05, 3.63) is 65.5 Å². The van der Waals surface area contributed by atoms with Crippen molar-refractivity contribution in [1.29, 1.82) is 0 Å². The molecule has 0 bridgehead atoms. The van der Waals surface area contributed by atoms with Crippen molar-refractivity contribution in [2.45, 2.75) is 35.4 Å². The Morgan fingerprint density at radius 2 is 1.73 bits per heavy atom. The van der Waals surface area contributed by atoms with E-state index in [1.165, 1.54) is 18.2 Å². The zero-order valence-electron chi connectivity index (χ0n) is 14.2. The first-order valence-corrected chi connectivity index (χ1v) is 11.7. The quantitative estimate of drug-likeness (QED) is 0.841. The van der Waals surface area contributed by atoms with Gasteiger partial charge < -0.3 is 0 Å². The van der Waals surface area contributed by atoms with Gasteiger partial charge in [0.1, 0.15) is 11.2 Å². The Labute approximate surface area is 153 Å². The van der Waals surface area contributed by atoms with Crippen LogP contribution in [0.3, 0.4) is 0 Å². The maximum Gasteiger partial charge on any atom is 0.209 e. The highest BCUT2D eigenvalue weighted by molar-refractivity contribution is 7.94. The Balaban J connectivity index is 2.16. The van der Waals surface area contributed by atoms with Crippen LogP contribution in [-0.4, -0.2) is 28.5 Å². The van der Waals surface area contributed by atoms with E-state index in [-0.39, 0.29) is 4.90 Å². The second kappa shape index (κ2) is 7.09. The number of aryl methyl sites for hydroxylation is 1. The van der Waals surface area contributed by atoms with Crippen LogP contribution in [0.1, 0.15) is 29.9 Å². The van der Waals surface area contributed by atoms with Crippen LogP contribution < -0.4 is 4.72 Å². The second-order valence-electron chi connectivity index (χ2n) is 6.48. The van der Waals surface area contributed by atoms with Crippen LogP contribution in [0.2, 0.25) is 0 Å². The van der Waals surface area contributed by atoms with Crippen molar-refractivity contribution in [2.24, 2.45) is 0 Å². The molecule has 5 nitrogen and oxygen atoms in total. The van der Waals surface area contributed by atoms with E-state index in [1.54, 1.807) is 30.3 Å². The van der Waals surface area contributed by atoms with Crippen LogP contribution in [0.5, 0.6) is 0 Å². The first-order chi connectivity index (χ1) is 12.2. The summed E-state index contributed by atoms with van der Waals surface area (Å²) in [6, 6.07) is 12.3. The Morgan fingerprint density at radius 1 is 1.04 bits per heavy atom. The maximum atomic E-state index is 14.5. The summed E-state index contributed by atoms with van der Waals surface area (Å²) in [5.74, 6) is -1.30. The van der Waals surface area contributed by atoms with Crippen molar-refractivity contribution in [3.8, 4) is 0 Å². The third kappa shape index (κ3) is 3.82. The maximum absolute atomic E-state index is 14.5. The van der Waals surface area contributed by atoms with Gasteiger partial charge in [0, 0.05) is 5.92 Å². The van der Waals surface area contributed by atoms with Crippen LogP contribution >= 0.6 is 0 Å². The number of sulfone groups is 1. The van der Waals surface area contributed by atoms with E-state index in [0.717, 1.165) is 11.8 Å². The molecule has 0 radical (unpaired) electrons. The molecule has 0 fully saturated rings. The van der Waals surface area contributed by atoms with Crippen LogP contribution in [0, 0.1) is 5.82 Å². The summed E-state index contributed by atoms with van der Waals surface area (Å²) in [6.45, 7) is 0. The van der Waals surface area contributed by atoms with Gasteiger partial charge >= 0.3 is 0 Å². The van der Waals surface area contributed by atoms with Gasteiger partial charge in [-0.15, -0.1) is 0 Å². The fourth-order valence-corrected chi connectivity index (χ4v) is 6.66. The molecule has 0 amide bonds. The first kappa shape index (κ1) is 19.0. The largest absolute Gasteiger partial charge is 0.222 e. The Bertz CT molecular complexity index is 1000. The van der Waals surface area contributed by atoms with Crippen molar-refractivity contribution >= 4 is 19.9 Å². The highest BCUT2D eigenvalue weighted by Crippen LogP contribution is 2.39. The number of nitrogens with one attached hydrogen (secondary N) is 1. The molecule has 140 valence electrons. The van der Waals surface area contributed by atoms with Gasteiger partial charge in [-0.3, -0.25) is 0 Å². The number of hydrogen-bond donors (Lipinski definition) is 1. The standard InChI is InChI=1S/C18H20FNO4S2/c1-25(21,22)20-18(26(23,24)14-9-3-2-4-10-14)15-11-5-7-13-8-6-12-16(19)17(13)15/h2-4,6,8-10,12,15,18,20H,5,7,11H2,1H3. The van der Waals surface area contributed by atoms with Crippen LogP contribution in [0.4, 0.5) is 4.39 Å². The van der Waals surface area contributed by atoms with E-state index in [4.69, 9.17) is 0 Å². The Morgan fingerprint density at radius 3 is 2.38 bits per heavy atom. The molecule has 1 aliphatic carbocycles. The summed E-state index contributed by atoms with van der Waals surface area (Å²) in [4.78, 5) is 0.00427. The lowest BCUT2D eigenvalue weighted by Crippen LogP contribution is -2.45. The molecule has 1 N–H and O–H groups in total. The molecule has 1 aliphatic rings. The molecule has 0 saturated carbocycles. The Hall–Kier alpha value is -1.77. The van der Waals surface area contributed by atoms with Crippen molar-refractivity contribution in [1.82, 2.24) is 4.72 Å². The highest BCUT2D eigenvalue weighted by Gasteiger charge is 2.40. The van der Waals surface area contributed by atoms with Gasteiger partial charge in [0.25, 0.3) is 0 Å². The topological polar surface area (TPSA) is 80.3 Å². The zero-order chi connectivity index (χ0) is 18.9. The molecule has 2 unspecified atom stereocenters. The Kier molecular flexibility index (Phi) is 5.18. The van der Waals surface area contributed by atoms with Crippen LogP contribution in [0.25, 0.3) is 0 Å². The molecule has 3 rings (SSSR count). The molecule has 0 aliphatic heterocycles. The summed E-state index contributed by atoms with van der Waals surface area (Å²) in [7, 11) is -7.88. The number of halogens is 1. The summed E-state index contributed by atoms with van der Waals surface area (Å²) in [6.07, 6.45) is 2.59. The second-order valence-corrected chi connectivity index (χ2v) is 10.3. The number of hydrogen-bond acceptors (Lipinski definition) is 4. The minimum Gasteiger partial charge on any atom is -0.222 e. The monoisotopic (exact) mass is 397 g/mol. The van der Waals surface area contributed by atoms with Crippen molar-refractivity contribution in [2.75, 3.05) is 6.26 Å². The third-order valence-corrected chi connectivity index (χ3v) is 7.45.